The van der Waals surface area contributed by atoms with Crippen molar-refractivity contribution >= 4 is 34.9 Å². The largest absolute Gasteiger partial charge is 0.332 e. The minimum atomic E-state index is -0.442. The van der Waals surface area contributed by atoms with Gasteiger partial charge < -0.3 is 0 Å². The van der Waals surface area contributed by atoms with Crippen molar-refractivity contribution in [3.8, 4) is 0 Å². The predicted octanol–water partition coefficient (Wildman–Crippen LogP) is 2.58. The van der Waals surface area contributed by atoms with Crippen molar-refractivity contribution in [1.29, 1.82) is 0 Å². The molecule has 0 aliphatic carbocycles. The molecular formula is C21H19ClN6O2. The lowest BCUT2D eigenvalue weighted by Crippen LogP contribution is -2.37. The zero-order chi connectivity index (χ0) is 21.3. The Labute approximate surface area is 176 Å². The molecule has 8 nitrogen and oxygen atoms in total. The van der Waals surface area contributed by atoms with E-state index in [1.54, 1.807) is 23.9 Å². The van der Waals surface area contributed by atoms with Gasteiger partial charge in [0.25, 0.3) is 5.56 Å². The van der Waals surface area contributed by atoms with Crippen LogP contribution in [0.3, 0.4) is 0 Å². The van der Waals surface area contributed by atoms with Gasteiger partial charge in [0.2, 0.25) is 5.95 Å². The fraction of sp³-hybridized carbons (Fsp3) is 0.143. The minimum Gasteiger partial charge on any atom is -0.298 e. The molecule has 152 valence electrons. The number of aromatic nitrogens is 4. The summed E-state index contributed by atoms with van der Waals surface area (Å²) in [4.78, 5) is 29.7. The van der Waals surface area contributed by atoms with Crippen LogP contribution in [0.5, 0.6) is 0 Å². The Morgan fingerprint density at radius 3 is 2.47 bits per heavy atom. The number of hydrogen-bond acceptors (Lipinski definition) is 5. The molecule has 0 saturated heterocycles. The van der Waals surface area contributed by atoms with Crippen LogP contribution in [0.4, 0.5) is 5.95 Å². The van der Waals surface area contributed by atoms with Gasteiger partial charge in [-0.3, -0.25) is 18.5 Å². The maximum absolute atomic E-state index is 12.9. The highest BCUT2D eigenvalue weighted by Crippen LogP contribution is 2.18. The fourth-order valence-electron chi connectivity index (χ4n) is 3.19. The third-order valence-electron chi connectivity index (χ3n) is 4.80. The molecule has 0 atom stereocenters. The second-order valence-electron chi connectivity index (χ2n) is 6.78. The van der Waals surface area contributed by atoms with E-state index in [0.29, 0.717) is 23.0 Å². The van der Waals surface area contributed by atoms with E-state index in [1.807, 2.05) is 48.5 Å². The monoisotopic (exact) mass is 422 g/mol. The Kier molecular flexibility index (Phi) is 5.24. The summed E-state index contributed by atoms with van der Waals surface area (Å²) in [5.74, 6) is 0.343. The molecule has 30 heavy (non-hydrogen) atoms. The molecule has 0 aliphatic heterocycles. The molecule has 0 unspecified atom stereocenters. The van der Waals surface area contributed by atoms with E-state index >= 15 is 0 Å². The number of rotatable bonds is 5. The fourth-order valence-corrected chi connectivity index (χ4v) is 3.38. The van der Waals surface area contributed by atoms with Gasteiger partial charge in [-0.25, -0.2) is 10.2 Å². The van der Waals surface area contributed by atoms with Gasteiger partial charge in [-0.05, 0) is 11.6 Å². The van der Waals surface area contributed by atoms with E-state index in [2.05, 4.69) is 15.5 Å². The number of anilines is 1. The van der Waals surface area contributed by atoms with Crippen LogP contribution in [0.15, 0.2) is 69.3 Å². The Morgan fingerprint density at radius 1 is 1.03 bits per heavy atom. The predicted molar refractivity (Wildman–Crippen MR) is 118 cm³/mol. The summed E-state index contributed by atoms with van der Waals surface area (Å²) >= 11 is 6.16. The molecule has 4 aromatic rings. The van der Waals surface area contributed by atoms with Crippen LogP contribution in [-0.2, 0) is 20.6 Å². The number of halogens is 1. The molecule has 0 amide bonds. The van der Waals surface area contributed by atoms with E-state index in [9.17, 15) is 9.59 Å². The molecule has 1 N–H and O–H groups in total. The first-order valence-corrected chi connectivity index (χ1v) is 9.59. The van der Waals surface area contributed by atoms with Crippen molar-refractivity contribution in [1.82, 2.24) is 18.7 Å². The van der Waals surface area contributed by atoms with E-state index in [0.717, 1.165) is 15.7 Å². The third kappa shape index (κ3) is 3.53. The molecule has 9 heteroatoms. The molecule has 2 aromatic heterocycles. The van der Waals surface area contributed by atoms with Crippen LogP contribution in [0, 0.1) is 0 Å². The summed E-state index contributed by atoms with van der Waals surface area (Å²) in [6.07, 6.45) is 1.58. The van der Waals surface area contributed by atoms with Crippen molar-refractivity contribution in [2.45, 2.75) is 6.54 Å². The highest BCUT2D eigenvalue weighted by Gasteiger charge is 2.19. The normalized spacial score (nSPS) is 11.4. The molecule has 0 saturated carbocycles. The van der Waals surface area contributed by atoms with Crippen LogP contribution >= 0.6 is 11.6 Å². The molecule has 0 fully saturated rings. The summed E-state index contributed by atoms with van der Waals surface area (Å²) in [6.45, 7) is 0.384. The Bertz CT molecular complexity index is 1370. The van der Waals surface area contributed by atoms with E-state index < -0.39 is 11.2 Å². The standard InChI is InChI=1S/C21H19ClN6O2/c1-26-18-17(19(29)27(2)21(26)30)28(13-14-8-4-3-5-9-14)20(24-18)25-23-12-15-10-6-7-11-16(15)22/h3-12H,13H2,1-2H3,(H,24,25)/b23-12+. The summed E-state index contributed by atoms with van der Waals surface area (Å²) in [7, 11) is 3.04. The first kappa shape index (κ1) is 19.7. The number of nitrogens with one attached hydrogen (secondary N) is 1. The lowest BCUT2D eigenvalue weighted by atomic mass is 10.2. The first-order valence-electron chi connectivity index (χ1n) is 9.21. The summed E-state index contributed by atoms with van der Waals surface area (Å²) < 4.78 is 4.14. The van der Waals surface area contributed by atoms with Crippen molar-refractivity contribution in [2.75, 3.05) is 5.43 Å². The molecule has 2 heterocycles. The SMILES string of the molecule is Cn1c(=O)c2c(nc(N/N=C/c3ccccc3Cl)n2Cc2ccccc2)n(C)c1=O. The average Bonchev–Trinajstić information content (AvgIpc) is 3.11. The highest BCUT2D eigenvalue weighted by atomic mass is 35.5. The number of aryl methyl sites for hydroxylation is 1. The van der Waals surface area contributed by atoms with Crippen molar-refractivity contribution < 1.29 is 0 Å². The zero-order valence-electron chi connectivity index (χ0n) is 16.4. The van der Waals surface area contributed by atoms with Crippen LogP contribution in [0.1, 0.15) is 11.1 Å². The van der Waals surface area contributed by atoms with Gasteiger partial charge in [0.1, 0.15) is 0 Å². The van der Waals surface area contributed by atoms with Gasteiger partial charge in [0, 0.05) is 24.7 Å². The molecule has 0 aliphatic rings. The first-order chi connectivity index (χ1) is 14.5. The summed E-state index contributed by atoms with van der Waals surface area (Å²) in [5.41, 5.74) is 4.35. The van der Waals surface area contributed by atoms with Gasteiger partial charge >= 0.3 is 5.69 Å². The number of hydrogen-bond donors (Lipinski definition) is 1. The second kappa shape index (κ2) is 8.00. The third-order valence-corrected chi connectivity index (χ3v) is 5.15. The van der Waals surface area contributed by atoms with Gasteiger partial charge in [0.05, 0.1) is 12.8 Å². The van der Waals surface area contributed by atoms with Crippen LogP contribution in [0.25, 0.3) is 11.2 Å². The Hall–Kier alpha value is -3.65. The number of benzene rings is 2. The molecule has 0 radical (unpaired) electrons. The van der Waals surface area contributed by atoms with Crippen LogP contribution in [0.2, 0.25) is 5.02 Å². The maximum atomic E-state index is 12.9. The summed E-state index contributed by atoms with van der Waals surface area (Å²) in [5, 5.41) is 4.80. The van der Waals surface area contributed by atoms with E-state index in [1.165, 1.54) is 11.6 Å². The zero-order valence-corrected chi connectivity index (χ0v) is 17.2. The molecule has 0 spiro atoms. The lowest BCUT2D eigenvalue weighted by Gasteiger charge is -2.09. The Balaban J connectivity index is 1.83. The quantitative estimate of drug-likeness (QED) is 0.395. The lowest BCUT2D eigenvalue weighted by molar-refractivity contribution is 0.702. The summed E-state index contributed by atoms with van der Waals surface area (Å²) in [6, 6.07) is 17.0. The maximum Gasteiger partial charge on any atom is 0.332 e. The van der Waals surface area contributed by atoms with Gasteiger partial charge in [-0.2, -0.15) is 10.1 Å². The van der Waals surface area contributed by atoms with E-state index in [4.69, 9.17) is 11.6 Å². The number of fused-ring (bicyclic) bond motifs is 1. The van der Waals surface area contributed by atoms with Gasteiger partial charge in [0.15, 0.2) is 11.2 Å². The minimum absolute atomic E-state index is 0.287. The number of nitrogens with zero attached hydrogens (tertiary/aromatic N) is 5. The topological polar surface area (TPSA) is 86.2 Å². The Morgan fingerprint density at radius 2 is 1.73 bits per heavy atom. The van der Waals surface area contributed by atoms with Gasteiger partial charge in [-0.15, -0.1) is 0 Å². The van der Waals surface area contributed by atoms with Gasteiger partial charge in [-0.1, -0.05) is 60.1 Å². The van der Waals surface area contributed by atoms with E-state index in [-0.39, 0.29) is 5.65 Å². The highest BCUT2D eigenvalue weighted by molar-refractivity contribution is 6.33. The smallest absolute Gasteiger partial charge is 0.298 e. The molecule has 4 rings (SSSR count). The molecule has 2 aromatic carbocycles. The second-order valence-corrected chi connectivity index (χ2v) is 7.18. The van der Waals surface area contributed by atoms with Crippen molar-refractivity contribution in [3.63, 3.8) is 0 Å². The van der Waals surface area contributed by atoms with Crippen molar-refractivity contribution in [2.24, 2.45) is 19.2 Å². The molecular weight excluding hydrogens is 404 g/mol. The van der Waals surface area contributed by atoms with Crippen molar-refractivity contribution in [3.05, 3.63) is 91.6 Å². The van der Waals surface area contributed by atoms with Crippen LogP contribution < -0.4 is 16.7 Å². The number of imidazole rings is 1. The average molecular weight is 423 g/mol. The van der Waals surface area contributed by atoms with Crippen LogP contribution in [-0.4, -0.2) is 24.9 Å². The molecule has 0 bridgehead atoms. The number of hydrazone groups is 1.